The fourth-order valence-corrected chi connectivity index (χ4v) is 1.92. The number of aromatic nitrogens is 2. The smallest absolute Gasteiger partial charge is 0.271 e. The van der Waals surface area contributed by atoms with Crippen molar-refractivity contribution in [2.45, 2.75) is 6.42 Å². The van der Waals surface area contributed by atoms with E-state index in [1.54, 1.807) is 24.3 Å². The number of benzene rings is 1. The third-order valence-corrected chi connectivity index (χ3v) is 3.17. The number of nitrogens with zero attached hydrogens (tertiary/aromatic N) is 1. The largest absolute Gasteiger partial charge is 0.354 e. The van der Waals surface area contributed by atoms with Gasteiger partial charge in [0.2, 0.25) is 5.91 Å². The molecular weight excluding hydrogens is 320 g/mol. The zero-order chi connectivity index (χ0) is 16.7. The van der Waals surface area contributed by atoms with Crippen molar-refractivity contribution < 1.29 is 9.59 Å². The van der Waals surface area contributed by atoms with E-state index in [1.807, 2.05) is 0 Å². The first-order chi connectivity index (χ1) is 11.0. The predicted octanol–water partition coefficient (Wildman–Crippen LogP) is 0.512. The van der Waals surface area contributed by atoms with Crippen LogP contribution in [0.4, 0.5) is 0 Å². The summed E-state index contributed by atoms with van der Waals surface area (Å²) in [5, 5.41) is 11.7. The van der Waals surface area contributed by atoms with E-state index in [-0.39, 0.29) is 30.1 Å². The lowest BCUT2D eigenvalue weighted by Crippen LogP contribution is -2.35. The van der Waals surface area contributed by atoms with Crippen LogP contribution >= 0.6 is 11.6 Å². The van der Waals surface area contributed by atoms with Crippen molar-refractivity contribution in [2.75, 3.05) is 13.1 Å². The number of hydrogen-bond donors (Lipinski definition) is 3. The molecule has 0 aliphatic carbocycles. The van der Waals surface area contributed by atoms with E-state index in [4.69, 9.17) is 11.6 Å². The van der Waals surface area contributed by atoms with E-state index in [2.05, 4.69) is 20.8 Å². The summed E-state index contributed by atoms with van der Waals surface area (Å²) in [5.41, 5.74) is 0.585. The maximum Gasteiger partial charge on any atom is 0.271 e. The molecule has 0 aliphatic heterocycles. The summed E-state index contributed by atoms with van der Waals surface area (Å²) in [5.74, 6) is -0.572. The molecule has 0 atom stereocenters. The van der Waals surface area contributed by atoms with Crippen molar-refractivity contribution in [1.29, 1.82) is 0 Å². The van der Waals surface area contributed by atoms with Gasteiger partial charge in [-0.05, 0) is 23.8 Å². The molecule has 3 N–H and O–H groups in total. The van der Waals surface area contributed by atoms with Crippen LogP contribution in [0.5, 0.6) is 0 Å². The van der Waals surface area contributed by atoms with E-state index < -0.39 is 5.91 Å². The lowest BCUT2D eigenvalue weighted by atomic mass is 10.1. The van der Waals surface area contributed by atoms with Gasteiger partial charge in [-0.2, -0.15) is 5.10 Å². The quantitative estimate of drug-likeness (QED) is 0.670. The number of amides is 2. The molecule has 0 spiro atoms. The zero-order valence-corrected chi connectivity index (χ0v) is 12.9. The van der Waals surface area contributed by atoms with E-state index >= 15 is 0 Å². The van der Waals surface area contributed by atoms with Gasteiger partial charge >= 0.3 is 0 Å². The molecule has 0 radical (unpaired) electrons. The molecule has 1 aromatic carbocycles. The van der Waals surface area contributed by atoms with Gasteiger partial charge in [0.25, 0.3) is 11.5 Å². The second kappa shape index (κ2) is 8.09. The van der Waals surface area contributed by atoms with Crippen LogP contribution in [0.25, 0.3) is 0 Å². The molecule has 2 aromatic rings. The average molecular weight is 335 g/mol. The number of carbonyl (C=O) groups is 2. The predicted molar refractivity (Wildman–Crippen MR) is 85.4 cm³/mol. The maximum atomic E-state index is 11.7. The van der Waals surface area contributed by atoms with E-state index in [0.717, 1.165) is 5.56 Å². The number of hydrogen-bond acceptors (Lipinski definition) is 4. The van der Waals surface area contributed by atoms with Crippen LogP contribution in [-0.4, -0.2) is 35.1 Å². The van der Waals surface area contributed by atoms with Crippen LogP contribution in [0.3, 0.4) is 0 Å². The number of rotatable bonds is 6. The summed E-state index contributed by atoms with van der Waals surface area (Å²) in [6.07, 6.45) is 0.243. The molecule has 0 saturated heterocycles. The first kappa shape index (κ1) is 16.7. The summed E-state index contributed by atoms with van der Waals surface area (Å²) in [4.78, 5) is 34.3. The molecule has 2 amide bonds. The highest BCUT2D eigenvalue weighted by Crippen LogP contribution is 2.09. The second-order valence-corrected chi connectivity index (χ2v) is 5.15. The monoisotopic (exact) mass is 334 g/mol. The molecule has 0 saturated carbocycles. The van der Waals surface area contributed by atoms with Gasteiger partial charge in [0.05, 0.1) is 6.42 Å². The first-order valence-electron chi connectivity index (χ1n) is 6.89. The molecule has 0 bridgehead atoms. The van der Waals surface area contributed by atoms with Crippen LogP contribution < -0.4 is 16.2 Å². The molecule has 1 heterocycles. The molecule has 0 unspecified atom stereocenters. The molecule has 23 heavy (non-hydrogen) atoms. The Labute approximate surface area is 137 Å². The van der Waals surface area contributed by atoms with Gasteiger partial charge in [-0.15, -0.1) is 0 Å². The molecule has 120 valence electrons. The highest BCUT2D eigenvalue weighted by Gasteiger charge is 2.07. The lowest BCUT2D eigenvalue weighted by molar-refractivity contribution is -0.120. The molecule has 8 heteroatoms. The topological polar surface area (TPSA) is 104 Å². The van der Waals surface area contributed by atoms with Crippen molar-refractivity contribution in [3.63, 3.8) is 0 Å². The Kier molecular flexibility index (Phi) is 5.87. The fourth-order valence-electron chi connectivity index (χ4n) is 1.79. The van der Waals surface area contributed by atoms with Gasteiger partial charge in [0, 0.05) is 24.2 Å². The summed E-state index contributed by atoms with van der Waals surface area (Å²) < 4.78 is 0. The molecule has 2 rings (SSSR count). The molecular formula is C15H15ClN4O3. The van der Waals surface area contributed by atoms with Crippen LogP contribution in [0.1, 0.15) is 16.1 Å². The van der Waals surface area contributed by atoms with Crippen molar-refractivity contribution >= 4 is 23.4 Å². The Hall–Kier alpha value is -2.67. The minimum Gasteiger partial charge on any atom is -0.354 e. The SMILES string of the molecule is O=C(Cc1ccc(Cl)cc1)NCCNC(=O)c1ccc(=O)[nH]n1. The Morgan fingerprint density at radius 2 is 1.74 bits per heavy atom. The van der Waals surface area contributed by atoms with Crippen LogP contribution in [0.2, 0.25) is 5.02 Å². The second-order valence-electron chi connectivity index (χ2n) is 4.72. The standard InChI is InChI=1S/C15H15ClN4O3/c16-11-3-1-10(2-4-11)9-14(22)17-7-8-18-15(23)12-5-6-13(21)20-19-12/h1-6H,7-9H2,(H,17,22)(H,18,23)(H,20,21). The lowest BCUT2D eigenvalue weighted by Gasteiger charge is -2.07. The number of carbonyl (C=O) groups excluding carboxylic acids is 2. The van der Waals surface area contributed by atoms with Gasteiger partial charge in [0.1, 0.15) is 5.69 Å². The molecule has 7 nitrogen and oxygen atoms in total. The van der Waals surface area contributed by atoms with Crippen molar-refractivity contribution in [2.24, 2.45) is 0 Å². The Balaban J connectivity index is 1.69. The van der Waals surface area contributed by atoms with Gasteiger partial charge in [-0.25, -0.2) is 5.10 Å². The van der Waals surface area contributed by atoms with Crippen LogP contribution in [-0.2, 0) is 11.2 Å². The van der Waals surface area contributed by atoms with Crippen molar-refractivity contribution in [3.05, 3.63) is 63.0 Å². The Bertz CT molecular complexity index is 723. The number of aromatic amines is 1. The van der Waals surface area contributed by atoms with Crippen molar-refractivity contribution in [1.82, 2.24) is 20.8 Å². The van der Waals surface area contributed by atoms with Crippen molar-refractivity contribution in [3.8, 4) is 0 Å². The number of H-pyrrole nitrogens is 1. The summed E-state index contributed by atoms with van der Waals surface area (Å²) in [7, 11) is 0. The van der Waals surface area contributed by atoms with Crippen LogP contribution in [0.15, 0.2) is 41.2 Å². The Morgan fingerprint density at radius 3 is 2.39 bits per heavy atom. The maximum absolute atomic E-state index is 11.7. The van der Waals surface area contributed by atoms with E-state index in [1.165, 1.54) is 12.1 Å². The summed E-state index contributed by atoms with van der Waals surface area (Å²) in [6.45, 7) is 0.549. The Morgan fingerprint density at radius 1 is 1.04 bits per heavy atom. The highest BCUT2D eigenvalue weighted by molar-refractivity contribution is 6.30. The first-order valence-corrected chi connectivity index (χ1v) is 7.27. The average Bonchev–Trinajstić information content (AvgIpc) is 2.54. The van der Waals surface area contributed by atoms with Gasteiger partial charge < -0.3 is 10.6 Å². The minimum absolute atomic E-state index is 0.108. The minimum atomic E-state index is -0.423. The van der Waals surface area contributed by atoms with E-state index in [9.17, 15) is 14.4 Å². The highest BCUT2D eigenvalue weighted by atomic mass is 35.5. The molecule has 0 fully saturated rings. The number of nitrogens with one attached hydrogen (secondary N) is 3. The van der Waals surface area contributed by atoms with E-state index in [0.29, 0.717) is 11.6 Å². The molecule has 1 aromatic heterocycles. The molecule has 0 aliphatic rings. The summed E-state index contributed by atoms with van der Waals surface area (Å²) >= 11 is 5.77. The summed E-state index contributed by atoms with van der Waals surface area (Å²) in [6, 6.07) is 9.56. The van der Waals surface area contributed by atoms with Gasteiger partial charge in [-0.3, -0.25) is 14.4 Å². The number of halogens is 1. The van der Waals surface area contributed by atoms with Crippen LogP contribution in [0, 0.1) is 0 Å². The normalized spacial score (nSPS) is 10.1. The fraction of sp³-hybridized carbons (Fsp3) is 0.200. The van der Waals surface area contributed by atoms with Gasteiger partial charge in [0.15, 0.2) is 0 Å². The third kappa shape index (κ3) is 5.55. The zero-order valence-electron chi connectivity index (χ0n) is 12.1. The third-order valence-electron chi connectivity index (χ3n) is 2.92. The van der Waals surface area contributed by atoms with Gasteiger partial charge in [-0.1, -0.05) is 23.7 Å².